The molecule has 2 fully saturated rings. The highest BCUT2D eigenvalue weighted by Gasteiger charge is 2.58. The lowest BCUT2D eigenvalue weighted by molar-refractivity contribution is -0.187. The number of benzene rings is 1. The zero-order chi connectivity index (χ0) is 18.9. The van der Waals surface area contributed by atoms with Crippen molar-refractivity contribution < 1.29 is 33.6 Å². The lowest BCUT2D eigenvalue weighted by Crippen LogP contribution is -2.59. The van der Waals surface area contributed by atoms with Crippen molar-refractivity contribution in [3.8, 4) is 0 Å². The molecular formula is C18H22O7S. The molecule has 0 radical (unpaired) electrons. The van der Waals surface area contributed by atoms with Gasteiger partial charge in [-0.2, -0.15) is 0 Å². The number of ether oxygens (including phenoxy) is 4. The minimum atomic E-state index is -1.62. The van der Waals surface area contributed by atoms with Crippen LogP contribution in [0.1, 0.15) is 31.1 Å². The lowest BCUT2D eigenvalue weighted by Gasteiger charge is -2.42. The van der Waals surface area contributed by atoms with Gasteiger partial charge in [0, 0.05) is 12.7 Å². The van der Waals surface area contributed by atoms with E-state index in [0.717, 1.165) is 11.8 Å². The number of rotatable bonds is 4. The molecule has 2 aliphatic rings. The van der Waals surface area contributed by atoms with E-state index in [1.807, 2.05) is 0 Å². The first-order chi connectivity index (χ1) is 12.2. The Hall–Kier alpha value is -1.61. The summed E-state index contributed by atoms with van der Waals surface area (Å²) in [5, 5.41) is 11.1. The van der Waals surface area contributed by atoms with E-state index < -0.39 is 34.9 Å². The van der Waals surface area contributed by atoms with Crippen LogP contribution in [0.4, 0.5) is 0 Å². The zero-order valence-electron chi connectivity index (χ0n) is 14.8. The molecule has 0 spiro atoms. The molecule has 1 aromatic carbocycles. The average Bonchev–Trinajstić information content (AvgIpc) is 2.91. The van der Waals surface area contributed by atoms with Gasteiger partial charge in [-0.25, -0.2) is 4.79 Å². The summed E-state index contributed by atoms with van der Waals surface area (Å²) in [7, 11) is 0. The van der Waals surface area contributed by atoms with Gasteiger partial charge in [0.05, 0.1) is 5.56 Å². The number of hydrogen-bond donors (Lipinski definition) is 1. The second-order valence-electron chi connectivity index (χ2n) is 6.77. The van der Waals surface area contributed by atoms with Crippen LogP contribution < -0.4 is 0 Å². The summed E-state index contributed by atoms with van der Waals surface area (Å²) in [5.74, 6) is -1.55. The predicted octanol–water partition coefficient (Wildman–Crippen LogP) is 1.73. The van der Waals surface area contributed by atoms with Gasteiger partial charge >= 0.3 is 11.9 Å². The molecule has 0 amide bonds. The van der Waals surface area contributed by atoms with Gasteiger partial charge in [0.15, 0.2) is 16.8 Å². The van der Waals surface area contributed by atoms with Gasteiger partial charge < -0.3 is 24.1 Å². The number of hydrogen-bond acceptors (Lipinski definition) is 8. The van der Waals surface area contributed by atoms with E-state index in [1.54, 1.807) is 44.2 Å². The highest BCUT2D eigenvalue weighted by atomic mass is 32.2. The number of aliphatic hydroxyl groups is 1. The van der Waals surface area contributed by atoms with Crippen LogP contribution in [0, 0.1) is 0 Å². The molecule has 2 aliphatic heterocycles. The third-order valence-electron chi connectivity index (χ3n) is 4.17. The van der Waals surface area contributed by atoms with Crippen molar-refractivity contribution in [1.29, 1.82) is 0 Å². The molecule has 142 valence electrons. The molecule has 0 bridgehead atoms. The van der Waals surface area contributed by atoms with E-state index in [-0.39, 0.29) is 12.7 Å². The van der Waals surface area contributed by atoms with Crippen molar-refractivity contribution in [2.75, 3.05) is 12.4 Å². The Morgan fingerprint density at radius 3 is 2.62 bits per heavy atom. The number of thioether (sulfide) groups is 1. The first kappa shape index (κ1) is 19.2. The number of carbonyl (C=O) groups excluding carboxylic acids is 2. The molecule has 26 heavy (non-hydrogen) atoms. The molecule has 3 rings (SSSR count). The van der Waals surface area contributed by atoms with E-state index in [9.17, 15) is 14.7 Å². The van der Waals surface area contributed by atoms with Crippen molar-refractivity contribution in [2.45, 2.75) is 49.8 Å². The maximum atomic E-state index is 12.2. The predicted molar refractivity (Wildman–Crippen MR) is 93.5 cm³/mol. The summed E-state index contributed by atoms with van der Waals surface area (Å²) < 4.78 is 22.3. The van der Waals surface area contributed by atoms with Gasteiger partial charge in [0.2, 0.25) is 0 Å². The lowest BCUT2D eigenvalue weighted by atomic mass is 10.0. The fourth-order valence-electron chi connectivity index (χ4n) is 3.10. The fraction of sp³-hybridized carbons (Fsp3) is 0.556. The van der Waals surface area contributed by atoms with Gasteiger partial charge in [0.1, 0.15) is 18.8 Å². The molecule has 2 heterocycles. The van der Waals surface area contributed by atoms with Gasteiger partial charge in [-0.05, 0) is 26.0 Å². The fourth-order valence-corrected chi connectivity index (χ4v) is 4.30. The third kappa shape index (κ3) is 4.03. The minimum Gasteiger partial charge on any atom is -0.458 e. The van der Waals surface area contributed by atoms with E-state index in [2.05, 4.69) is 0 Å². The normalized spacial score (nSPS) is 32.5. The molecule has 8 heteroatoms. The van der Waals surface area contributed by atoms with E-state index in [1.165, 1.54) is 6.92 Å². The van der Waals surface area contributed by atoms with Crippen LogP contribution in [0.15, 0.2) is 30.3 Å². The van der Waals surface area contributed by atoms with Crippen LogP contribution in [0.3, 0.4) is 0 Å². The second-order valence-corrected chi connectivity index (χ2v) is 8.10. The van der Waals surface area contributed by atoms with Gasteiger partial charge in [-0.15, -0.1) is 11.8 Å². The first-order valence-electron chi connectivity index (χ1n) is 8.31. The highest BCUT2D eigenvalue weighted by molar-refractivity contribution is 8.00. The van der Waals surface area contributed by atoms with Crippen molar-refractivity contribution in [1.82, 2.24) is 0 Å². The summed E-state index contributed by atoms with van der Waals surface area (Å²) in [6.07, 6.45) is -1.99. The summed E-state index contributed by atoms with van der Waals surface area (Å²) in [5.41, 5.74) is 0.375. The monoisotopic (exact) mass is 382 g/mol. The summed E-state index contributed by atoms with van der Waals surface area (Å²) in [6, 6.07) is 8.47. The van der Waals surface area contributed by atoms with Crippen LogP contribution in [-0.4, -0.2) is 58.4 Å². The van der Waals surface area contributed by atoms with Crippen molar-refractivity contribution in [3.63, 3.8) is 0 Å². The number of esters is 2. The van der Waals surface area contributed by atoms with E-state index in [4.69, 9.17) is 18.9 Å². The van der Waals surface area contributed by atoms with Crippen LogP contribution in [0.25, 0.3) is 0 Å². The molecular weight excluding hydrogens is 360 g/mol. The number of carbonyl (C=O) groups is 2. The summed E-state index contributed by atoms with van der Waals surface area (Å²) in [4.78, 5) is 22.1. The molecule has 0 aromatic heterocycles. The minimum absolute atomic E-state index is 0.329. The number of fused-ring (bicyclic) bond motifs is 1. The Bertz CT molecular complexity index is 677. The van der Waals surface area contributed by atoms with Gasteiger partial charge in [0.25, 0.3) is 0 Å². The Labute approximate surface area is 155 Å². The molecule has 1 N–H and O–H groups in total. The molecule has 0 unspecified atom stereocenters. The highest BCUT2D eigenvalue weighted by Crippen LogP contribution is 2.45. The van der Waals surface area contributed by atoms with E-state index >= 15 is 0 Å². The molecule has 4 atom stereocenters. The molecule has 7 nitrogen and oxygen atoms in total. The standard InChI is InChI=1S/C18H22O7S/c1-11(19)23-15-14-13(24-17(2,3)25-14)9-26-18(15,21)10-22-16(20)12-7-5-4-6-8-12/h4-8,13-15,21H,9-10H2,1-3H3/t13-,14+,15-,18+/m0/s1. The first-order valence-corrected chi connectivity index (χ1v) is 9.30. The van der Waals surface area contributed by atoms with Crippen molar-refractivity contribution in [2.24, 2.45) is 0 Å². The largest absolute Gasteiger partial charge is 0.458 e. The maximum Gasteiger partial charge on any atom is 0.338 e. The Balaban J connectivity index is 1.75. The molecule has 1 aromatic rings. The molecule has 0 saturated carbocycles. The summed E-state index contributed by atoms with van der Waals surface area (Å²) in [6.45, 7) is 4.44. The Kier molecular flexibility index (Phi) is 5.30. The van der Waals surface area contributed by atoms with Crippen LogP contribution in [0.5, 0.6) is 0 Å². The van der Waals surface area contributed by atoms with Crippen molar-refractivity contribution in [3.05, 3.63) is 35.9 Å². The molecule has 0 aliphatic carbocycles. The summed E-state index contributed by atoms with van der Waals surface area (Å²) >= 11 is 1.13. The third-order valence-corrected chi connectivity index (χ3v) is 5.52. The van der Waals surface area contributed by atoms with Gasteiger partial charge in [-0.3, -0.25) is 4.79 Å². The van der Waals surface area contributed by atoms with Crippen LogP contribution in [0.2, 0.25) is 0 Å². The Morgan fingerprint density at radius 1 is 1.27 bits per heavy atom. The molecule has 2 saturated heterocycles. The van der Waals surface area contributed by atoms with E-state index in [0.29, 0.717) is 11.3 Å². The second kappa shape index (κ2) is 7.19. The van der Waals surface area contributed by atoms with Crippen LogP contribution >= 0.6 is 11.8 Å². The smallest absolute Gasteiger partial charge is 0.338 e. The quantitative estimate of drug-likeness (QED) is 0.788. The van der Waals surface area contributed by atoms with Crippen molar-refractivity contribution >= 4 is 23.7 Å². The zero-order valence-corrected chi connectivity index (χ0v) is 15.7. The SMILES string of the molecule is CC(=O)O[C@H]1[C@@H]2OC(C)(C)O[C@H]2CS[C@]1(O)COC(=O)c1ccccc1. The topological polar surface area (TPSA) is 91.3 Å². The maximum absolute atomic E-state index is 12.2. The average molecular weight is 382 g/mol. The Morgan fingerprint density at radius 2 is 1.96 bits per heavy atom. The van der Waals surface area contributed by atoms with Crippen LogP contribution in [-0.2, 0) is 23.7 Å². The van der Waals surface area contributed by atoms with Gasteiger partial charge in [-0.1, -0.05) is 18.2 Å².